The van der Waals surface area contributed by atoms with Gasteiger partial charge in [-0.25, -0.2) is 4.98 Å². The third-order valence-corrected chi connectivity index (χ3v) is 4.91. The topological polar surface area (TPSA) is 59.2 Å². The van der Waals surface area contributed by atoms with Gasteiger partial charge in [-0.05, 0) is 20.8 Å². The Bertz CT molecular complexity index is 880. The Labute approximate surface area is 151 Å². The minimum Gasteiger partial charge on any atom is -0.361 e. The molecule has 0 fully saturated rings. The zero-order valence-corrected chi connectivity index (χ0v) is 15.7. The van der Waals surface area contributed by atoms with Crippen LogP contribution in [0.5, 0.6) is 0 Å². The van der Waals surface area contributed by atoms with Crippen LogP contribution in [0.25, 0.3) is 11.3 Å². The van der Waals surface area contributed by atoms with E-state index < -0.39 is 0 Å². The van der Waals surface area contributed by atoms with Gasteiger partial charge in [0, 0.05) is 23.6 Å². The second-order valence-corrected chi connectivity index (χ2v) is 7.51. The number of aryl methyl sites for hydroxylation is 3. The second kappa shape index (κ2) is 7.19. The highest BCUT2D eigenvalue weighted by Gasteiger charge is 2.18. The number of amides is 1. The number of aromatic nitrogens is 2. The standard InChI is InChI=1S/C19H21N3O2S/c1-12-5-7-15(8-6-12)19-17(25-14(3)20-19)10-18(23)22(4)11-16-9-13(2)24-21-16/h5-9H,10-11H2,1-4H3. The first kappa shape index (κ1) is 17.4. The van der Waals surface area contributed by atoms with Crippen LogP contribution in [0.3, 0.4) is 0 Å². The molecule has 1 aromatic carbocycles. The Morgan fingerprint density at radius 1 is 1.20 bits per heavy atom. The molecule has 0 saturated carbocycles. The fraction of sp³-hybridized carbons (Fsp3) is 0.316. The monoisotopic (exact) mass is 355 g/mol. The summed E-state index contributed by atoms with van der Waals surface area (Å²) in [6.07, 6.45) is 0.335. The lowest BCUT2D eigenvalue weighted by Crippen LogP contribution is -2.27. The summed E-state index contributed by atoms with van der Waals surface area (Å²) < 4.78 is 5.06. The lowest BCUT2D eigenvalue weighted by atomic mass is 10.1. The van der Waals surface area contributed by atoms with Crippen LogP contribution in [0.1, 0.15) is 26.9 Å². The van der Waals surface area contributed by atoms with E-state index in [0.717, 1.165) is 32.6 Å². The van der Waals surface area contributed by atoms with E-state index in [0.29, 0.717) is 13.0 Å². The van der Waals surface area contributed by atoms with Crippen molar-refractivity contribution in [3.05, 3.63) is 57.2 Å². The number of carbonyl (C=O) groups is 1. The fourth-order valence-corrected chi connectivity index (χ4v) is 3.57. The third-order valence-electron chi connectivity index (χ3n) is 3.94. The van der Waals surface area contributed by atoms with E-state index in [1.54, 1.807) is 23.3 Å². The largest absolute Gasteiger partial charge is 0.361 e. The first-order chi connectivity index (χ1) is 11.9. The molecule has 6 heteroatoms. The molecule has 0 aliphatic rings. The molecule has 0 saturated heterocycles. The van der Waals surface area contributed by atoms with Gasteiger partial charge in [0.2, 0.25) is 5.91 Å². The van der Waals surface area contributed by atoms with E-state index in [9.17, 15) is 4.79 Å². The van der Waals surface area contributed by atoms with E-state index in [4.69, 9.17) is 4.52 Å². The Morgan fingerprint density at radius 2 is 1.92 bits per heavy atom. The summed E-state index contributed by atoms with van der Waals surface area (Å²) in [7, 11) is 1.78. The highest BCUT2D eigenvalue weighted by Crippen LogP contribution is 2.29. The maximum atomic E-state index is 12.6. The van der Waals surface area contributed by atoms with Gasteiger partial charge in [0.1, 0.15) is 11.5 Å². The molecule has 0 unspecified atom stereocenters. The molecule has 0 spiro atoms. The molecule has 0 bridgehead atoms. The number of rotatable bonds is 5. The van der Waals surface area contributed by atoms with Gasteiger partial charge in [-0.15, -0.1) is 11.3 Å². The molecule has 3 rings (SSSR count). The van der Waals surface area contributed by atoms with Crippen molar-refractivity contribution >= 4 is 17.2 Å². The van der Waals surface area contributed by atoms with Gasteiger partial charge in [-0.1, -0.05) is 35.0 Å². The summed E-state index contributed by atoms with van der Waals surface area (Å²) in [5.74, 6) is 0.785. The molecule has 2 aromatic heterocycles. The van der Waals surface area contributed by atoms with Gasteiger partial charge in [0.05, 0.1) is 23.7 Å². The van der Waals surface area contributed by atoms with Crippen molar-refractivity contribution in [2.24, 2.45) is 0 Å². The average molecular weight is 355 g/mol. The number of nitrogens with zero attached hydrogens (tertiary/aromatic N) is 3. The summed E-state index contributed by atoms with van der Waals surface area (Å²) >= 11 is 1.58. The molecular formula is C19H21N3O2S. The van der Waals surface area contributed by atoms with Crippen molar-refractivity contribution in [1.29, 1.82) is 0 Å². The molecule has 1 amide bonds. The molecule has 0 aliphatic heterocycles. The zero-order valence-electron chi connectivity index (χ0n) is 14.9. The Morgan fingerprint density at radius 3 is 2.56 bits per heavy atom. The fourth-order valence-electron chi connectivity index (χ4n) is 2.62. The van der Waals surface area contributed by atoms with Crippen LogP contribution >= 0.6 is 11.3 Å². The summed E-state index contributed by atoms with van der Waals surface area (Å²) in [6.45, 7) is 6.30. The molecule has 25 heavy (non-hydrogen) atoms. The summed E-state index contributed by atoms with van der Waals surface area (Å²) in [5, 5.41) is 4.91. The highest BCUT2D eigenvalue weighted by atomic mass is 32.1. The van der Waals surface area contributed by atoms with Crippen LogP contribution in [0.2, 0.25) is 0 Å². The van der Waals surface area contributed by atoms with Crippen molar-refractivity contribution in [3.8, 4) is 11.3 Å². The first-order valence-corrected chi connectivity index (χ1v) is 8.93. The Kier molecular flexibility index (Phi) is 4.99. The number of benzene rings is 1. The predicted molar refractivity (Wildman–Crippen MR) is 98.4 cm³/mol. The van der Waals surface area contributed by atoms with Gasteiger partial charge in [0.25, 0.3) is 0 Å². The quantitative estimate of drug-likeness (QED) is 0.696. The lowest BCUT2D eigenvalue weighted by molar-refractivity contribution is -0.129. The Hall–Kier alpha value is -2.47. The molecular weight excluding hydrogens is 334 g/mol. The van der Waals surface area contributed by atoms with E-state index in [1.807, 2.05) is 19.9 Å². The molecule has 3 aromatic rings. The molecule has 130 valence electrons. The smallest absolute Gasteiger partial charge is 0.228 e. The van der Waals surface area contributed by atoms with Crippen molar-refractivity contribution in [2.45, 2.75) is 33.7 Å². The van der Waals surface area contributed by atoms with Crippen LogP contribution in [0, 0.1) is 20.8 Å². The zero-order chi connectivity index (χ0) is 18.0. The van der Waals surface area contributed by atoms with Crippen LogP contribution in [0.15, 0.2) is 34.9 Å². The number of likely N-dealkylation sites (N-methyl/N-ethyl adjacent to an activating group) is 1. The Balaban J connectivity index is 1.76. The minimum absolute atomic E-state index is 0.0395. The molecule has 0 atom stereocenters. The van der Waals surface area contributed by atoms with Gasteiger partial charge in [-0.2, -0.15) is 0 Å². The summed E-state index contributed by atoms with van der Waals surface area (Å²) in [4.78, 5) is 19.9. The first-order valence-electron chi connectivity index (χ1n) is 8.12. The van der Waals surface area contributed by atoms with Gasteiger partial charge >= 0.3 is 0 Å². The normalized spacial score (nSPS) is 10.9. The SMILES string of the molecule is Cc1ccc(-c2nc(C)sc2CC(=O)N(C)Cc2cc(C)on2)cc1. The number of hydrogen-bond acceptors (Lipinski definition) is 5. The molecule has 5 nitrogen and oxygen atoms in total. The van der Waals surface area contributed by atoms with Crippen molar-refractivity contribution in [3.63, 3.8) is 0 Å². The van der Waals surface area contributed by atoms with Gasteiger partial charge in [0.15, 0.2) is 0 Å². The molecule has 0 radical (unpaired) electrons. The van der Waals surface area contributed by atoms with E-state index in [2.05, 4.69) is 41.3 Å². The van der Waals surface area contributed by atoms with Gasteiger partial charge in [-0.3, -0.25) is 4.79 Å². The second-order valence-electron chi connectivity index (χ2n) is 6.23. The van der Waals surface area contributed by atoms with E-state index in [-0.39, 0.29) is 5.91 Å². The average Bonchev–Trinajstić information content (AvgIpc) is 3.13. The lowest BCUT2D eigenvalue weighted by Gasteiger charge is -2.15. The van der Waals surface area contributed by atoms with Crippen LogP contribution < -0.4 is 0 Å². The van der Waals surface area contributed by atoms with Crippen molar-refractivity contribution in [1.82, 2.24) is 15.0 Å². The van der Waals surface area contributed by atoms with E-state index in [1.165, 1.54) is 5.56 Å². The number of hydrogen-bond donors (Lipinski definition) is 0. The van der Waals surface area contributed by atoms with E-state index >= 15 is 0 Å². The molecule has 2 heterocycles. The highest BCUT2D eigenvalue weighted by molar-refractivity contribution is 7.12. The maximum absolute atomic E-state index is 12.6. The predicted octanol–water partition coefficient (Wildman–Crippen LogP) is 3.92. The number of thiazole rings is 1. The van der Waals surface area contributed by atoms with Crippen LogP contribution in [0.4, 0.5) is 0 Å². The van der Waals surface area contributed by atoms with Crippen molar-refractivity contribution < 1.29 is 9.32 Å². The third kappa shape index (κ3) is 4.14. The van der Waals surface area contributed by atoms with Crippen LogP contribution in [-0.2, 0) is 17.8 Å². The molecule has 0 N–H and O–H groups in total. The number of carbonyl (C=O) groups excluding carboxylic acids is 1. The maximum Gasteiger partial charge on any atom is 0.228 e. The van der Waals surface area contributed by atoms with Crippen molar-refractivity contribution in [2.75, 3.05) is 7.05 Å². The summed E-state index contributed by atoms with van der Waals surface area (Å²) in [6, 6.07) is 10.1. The van der Waals surface area contributed by atoms with Gasteiger partial charge < -0.3 is 9.42 Å². The molecule has 0 aliphatic carbocycles. The summed E-state index contributed by atoms with van der Waals surface area (Å²) in [5.41, 5.74) is 3.91. The minimum atomic E-state index is 0.0395. The van der Waals surface area contributed by atoms with Crippen LogP contribution in [-0.4, -0.2) is 28.0 Å².